The molecule has 1 aromatic carbocycles. The molecule has 0 radical (unpaired) electrons. The monoisotopic (exact) mass is 270 g/mol. The standard InChI is InChI=1S/C16H18N2O2/c1-18(12-13-7-9-17-10-8-13)15(11-16(19)20)14-5-3-2-4-6-14/h2-10,15H,11-12H2,1H3,(H,19,20). The fourth-order valence-corrected chi connectivity index (χ4v) is 2.26. The summed E-state index contributed by atoms with van der Waals surface area (Å²) in [5, 5.41) is 9.12. The number of aliphatic carboxylic acids is 1. The van der Waals surface area contributed by atoms with Gasteiger partial charge in [0.15, 0.2) is 0 Å². The summed E-state index contributed by atoms with van der Waals surface area (Å²) in [5.74, 6) is -0.791. The van der Waals surface area contributed by atoms with Gasteiger partial charge in [0.2, 0.25) is 0 Å². The van der Waals surface area contributed by atoms with Gasteiger partial charge in [0.05, 0.1) is 6.42 Å². The van der Waals surface area contributed by atoms with Crippen molar-refractivity contribution in [2.75, 3.05) is 7.05 Å². The van der Waals surface area contributed by atoms with E-state index in [2.05, 4.69) is 9.88 Å². The van der Waals surface area contributed by atoms with Crippen molar-refractivity contribution in [2.45, 2.75) is 19.0 Å². The largest absolute Gasteiger partial charge is 0.481 e. The molecule has 0 amide bonds. The molecule has 0 fully saturated rings. The maximum absolute atomic E-state index is 11.1. The molecule has 1 unspecified atom stereocenters. The lowest BCUT2D eigenvalue weighted by Gasteiger charge is -2.27. The summed E-state index contributed by atoms with van der Waals surface area (Å²) in [4.78, 5) is 17.1. The summed E-state index contributed by atoms with van der Waals surface area (Å²) in [6, 6.07) is 13.5. The summed E-state index contributed by atoms with van der Waals surface area (Å²) in [5.41, 5.74) is 2.14. The van der Waals surface area contributed by atoms with Crippen molar-refractivity contribution in [3.63, 3.8) is 0 Å². The van der Waals surface area contributed by atoms with Gasteiger partial charge in [-0.05, 0) is 30.3 Å². The third kappa shape index (κ3) is 3.90. The molecule has 4 heteroatoms. The molecule has 0 aliphatic rings. The lowest BCUT2D eigenvalue weighted by molar-refractivity contribution is -0.138. The van der Waals surface area contributed by atoms with E-state index >= 15 is 0 Å². The van der Waals surface area contributed by atoms with Crippen molar-refractivity contribution < 1.29 is 9.90 Å². The zero-order valence-electron chi connectivity index (χ0n) is 11.4. The number of pyridine rings is 1. The van der Waals surface area contributed by atoms with Crippen LogP contribution in [0.4, 0.5) is 0 Å². The summed E-state index contributed by atoms with van der Waals surface area (Å²) in [6.45, 7) is 0.690. The number of benzene rings is 1. The summed E-state index contributed by atoms with van der Waals surface area (Å²) >= 11 is 0. The van der Waals surface area contributed by atoms with E-state index in [-0.39, 0.29) is 12.5 Å². The average molecular weight is 270 g/mol. The van der Waals surface area contributed by atoms with Gasteiger partial charge in [-0.2, -0.15) is 0 Å². The smallest absolute Gasteiger partial charge is 0.305 e. The highest BCUT2D eigenvalue weighted by Gasteiger charge is 2.20. The van der Waals surface area contributed by atoms with Crippen LogP contribution in [0.15, 0.2) is 54.9 Å². The fraction of sp³-hybridized carbons (Fsp3) is 0.250. The molecular weight excluding hydrogens is 252 g/mol. The number of aromatic nitrogens is 1. The van der Waals surface area contributed by atoms with E-state index < -0.39 is 5.97 Å². The molecule has 0 saturated heterocycles. The van der Waals surface area contributed by atoms with Crippen molar-refractivity contribution in [3.05, 3.63) is 66.0 Å². The van der Waals surface area contributed by atoms with Crippen molar-refractivity contribution in [2.24, 2.45) is 0 Å². The van der Waals surface area contributed by atoms with E-state index in [9.17, 15) is 4.79 Å². The van der Waals surface area contributed by atoms with Gasteiger partial charge in [0, 0.05) is 25.0 Å². The number of carboxylic acids is 1. The highest BCUT2D eigenvalue weighted by Crippen LogP contribution is 2.24. The predicted molar refractivity (Wildman–Crippen MR) is 77.1 cm³/mol. The molecule has 1 aromatic heterocycles. The lowest BCUT2D eigenvalue weighted by atomic mass is 10.0. The van der Waals surface area contributed by atoms with Crippen LogP contribution in [-0.2, 0) is 11.3 Å². The summed E-state index contributed by atoms with van der Waals surface area (Å²) in [6.07, 6.45) is 3.58. The number of carboxylic acid groups (broad SMARTS) is 1. The van der Waals surface area contributed by atoms with E-state index in [4.69, 9.17) is 5.11 Å². The molecule has 0 aliphatic heterocycles. The minimum Gasteiger partial charge on any atom is -0.481 e. The lowest BCUT2D eigenvalue weighted by Crippen LogP contribution is -2.26. The maximum atomic E-state index is 11.1. The van der Waals surface area contributed by atoms with Crippen LogP contribution < -0.4 is 0 Å². The highest BCUT2D eigenvalue weighted by molar-refractivity contribution is 5.67. The molecule has 2 rings (SSSR count). The van der Waals surface area contributed by atoms with Gasteiger partial charge < -0.3 is 5.11 Å². The van der Waals surface area contributed by atoms with Crippen molar-refractivity contribution >= 4 is 5.97 Å². The van der Waals surface area contributed by atoms with Crippen LogP contribution in [-0.4, -0.2) is 28.0 Å². The average Bonchev–Trinajstić information content (AvgIpc) is 2.46. The topological polar surface area (TPSA) is 53.4 Å². The number of hydrogen-bond acceptors (Lipinski definition) is 3. The van der Waals surface area contributed by atoms with Gasteiger partial charge in [-0.3, -0.25) is 14.7 Å². The molecule has 0 aliphatic carbocycles. The summed E-state index contributed by atoms with van der Waals surface area (Å²) in [7, 11) is 1.95. The first kappa shape index (κ1) is 14.2. The van der Waals surface area contributed by atoms with Crippen LogP contribution >= 0.6 is 0 Å². The summed E-state index contributed by atoms with van der Waals surface area (Å²) < 4.78 is 0. The maximum Gasteiger partial charge on any atom is 0.305 e. The van der Waals surface area contributed by atoms with E-state index in [0.29, 0.717) is 6.54 Å². The zero-order valence-corrected chi connectivity index (χ0v) is 11.4. The molecule has 0 bridgehead atoms. The van der Waals surface area contributed by atoms with Crippen LogP contribution in [0, 0.1) is 0 Å². The minimum atomic E-state index is -0.791. The first-order chi connectivity index (χ1) is 9.66. The Morgan fingerprint density at radius 2 is 1.85 bits per heavy atom. The van der Waals surface area contributed by atoms with Crippen molar-refractivity contribution in [1.29, 1.82) is 0 Å². The molecule has 104 valence electrons. The Kier molecular flexibility index (Phi) is 4.85. The third-order valence-corrected chi connectivity index (χ3v) is 3.27. The Balaban J connectivity index is 2.16. The van der Waals surface area contributed by atoms with Crippen LogP contribution in [0.5, 0.6) is 0 Å². The van der Waals surface area contributed by atoms with E-state index in [0.717, 1.165) is 11.1 Å². The minimum absolute atomic E-state index is 0.0889. The Morgan fingerprint density at radius 1 is 1.20 bits per heavy atom. The van der Waals surface area contributed by atoms with Crippen LogP contribution in [0.25, 0.3) is 0 Å². The number of hydrogen-bond donors (Lipinski definition) is 1. The van der Waals surface area contributed by atoms with Gasteiger partial charge in [-0.1, -0.05) is 30.3 Å². The number of carbonyl (C=O) groups is 1. The highest BCUT2D eigenvalue weighted by atomic mass is 16.4. The molecule has 1 heterocycles. The van der Waals surface area contributed by atoms with Gasteiger partial charge in [-0.25, -0.2) is 0 Å². The molecule has 0 saturated carbocycles. The predicted octanol–water partition coefficient (Wildman–Crippen LogP) is 2.73. The van der Waals surface area contributed by atoms with Gasteiger partial charge in [0.1, 0.15) is 0 Å². The zero-order chi connectivity index (χ0) is 14.4. The van der Waals surface area contributed by atoms with Gasteiger partial charge >= 0.3 is 5.97 Å². The van der Waals surface area contributed by atoms with Crippen molar-refractivity contribution in [3.8, 4) is 0 Å². The molecule has 4 nitrogen and oxygen atoms in total. The number of rotatable bonds is 6. The first-order valence-electron chi connectivity index (χ1n) is 6.52. The fourth-order valence-electron chi connectivity index (χ4n) is 2.26. The van der Waals surface area contributed by atoms with E-state index in [1.54, 1.807) is 12.4 Å². The first-order valence-corrected chi connectivity index (χ1v) is 6.52. The second kappa shape index (κ2) is 6.82. The number of nitrogens with zero attached hydrogens (tertiary/aromatic N) is 2. The SMILES string of the molecule is CN(Cc1ccncc1)C(CC(=O)O)c1ccccc1. The molecule has 20 heavy (non-hydrogen) atoms. The van der Waals surface area contributed by atoms with E-state index in [1.165, 1.54) is 0 Å². The Morgan fingerprint density at radius 3 is 2.45 bits per heavy atom. The molecular formula is C16H18N2O2. The molecule has 0 spiro atoms. The van der Waals surface area contributed by atoms with E-state index in [1.807, 2.05) is 49.5 Å². The van der Waals surface area contributed by atoms with Crippen molar-refractivity contribution in [1.82, 2.24) is 9.88 Å². The Hall–Kier alpha value is -2.20. The van der Waals surface area contributed by atoms with Crippen LogP contribution in [0.3, 0.4) is 0 Å². The Labute approximate surface area is 118 Å². The van der Waals surface area contributed by atoms with Gasteiger partial charge in [0.25, 0.3) is 0 Å². The molecule has 2 aromatic rings. The third-order valence-electron chi connectivity index (χ3n) is 3.27. The second-order valence-electron chi connectivity index (χ2n) is 4.79. The molecule has 1 N–H and O–H groups in total. The quantitative estimate of drug-likeness (QED) is 0.877. The Bertz CT molecular complexity index is 543. The normalized spacial score (nSPS) is 12.3. The van der Waals surface area contributed by atoms with Crippen LogP contribution in [0.1, 0.15) is 23.6 Å². The second-order valence-corrected chi connectivity index (χ2v) is 4.79. The van der Waals surface area contributed by atoms with Gasteiger partial charge in [-0.15, -0.1) is 0 Å². The molecule has 1 atom stereocenters. The van der Waals surface area contributed by atoms with Crippen LogP contribution in [0.2, 0.25) is 0 Å².